The maximum atomic E-state index is 9.91. The number of rotatable bonds is 14. The van der Waals surface area contributed by atoms with Crippen molar-refractivity contribution < 1.29 is 19.0 Å². The molecule has 0 spiro atoms. The zero-order chi connectivity index (χ0) is 13.5. The molecule has 108 valence electrons. The lowest BCUT2D eigenvalue weighted by Crippen LogP contribution is -2.27. The van der Waals surface area contributed by atoms with Crippen molar-refractivity contribution in [3.05, 3.63) is 0 Å². The van der Waals surface area contributed by atoms with Crippen LogP contribution in [0.1, 0.15) is 13.8 Å². The Kier molecular flexibility index (Phi) is 13.8. The van der Waals surface area contributed by atoms with Gasteiger partial charge in [0.1, 0.15) is 0 Å². The third-order valence-corrected chi connectivity index (χ3v) is 2.02. The van der Waals surface area contributed by atoms with Crippen LogP contribution in [0.5, 0.6) is 0 Å². The van der Waals surface area contributed by atoms with Gasteiger partial charge in [-0.1, -0.05) is 13.8 Å². The summed E-state index contributed by atoms with van der Waals surface area (Å²) in [5, 5.41) is 5.78. The molecule has 0 heterocycles. The second-order valence-electron chi connectivity index (χ2n) is 4.02. The van der Waals surface area contributed by atoms with Gasteiger partial charge in [-0.05, 0) is 0 Å². The second kappa shape index (κ2) is 14.4. The largest absolute Gasteiger partial charge is 0.378 e. The van der Waals surface area contributed by atoms with Crippen LogP contribution in [0.4, 0.5) is 0 Å². The molecule has 0 aromatic rings. The molecule has 0 unspecified atom stereocenters. The first-order valence-corrected chi connectivity index (χ1v) is 6.41. The number of amides is 1. The van der Waals surface area contributed by atoms with E-state index in [0.29, 0.717) is 58.6 Å². The smallest absolute Gasteiger partial charge is 0.207 e. The van der Waals surface area contributed by atoms with Gasteiger partial charge in [0.15, 0.2) is 0 Å². The molecule has 0 aliphatic heterocycles. The number of ether oxygens (including phenoxy) is 3. The number of carbonyl (C=O) groups is 1. The summed E-state index contributed by atoms with van der Waals surface area (Å²) in [4.78, 5) is 9.91. The van der Waals surface area contributed by atoms with Crippen LogP contribution in [-0.2, 0) is 19.0 Å². The predicted octanol–water partition coefficient (Wildman–Crippen LogP) is -0.220. The summed E-state index contributed by atoms with van der Waals surface area (Å²) in [6, 6.07) is 0.496. The first kappa shape index (κ1) is 17.3. The second-order valence-corrected chi connectivity index (χ2v) is 4.02. The van der Waals surface area contributed by atoms with Crippen molar-refractivity contribution in [3.8, 4) is 0 Å². The van der Waals surface area contributed by atoms with Crippen molar-refractivity contribution >= 4 is 6.41 Å². The Labute approximate surface area is 109 Å². The van der Waals surface area contributed by atoms with Crippen molar-refractivity contribution in [2.24, 2.45) is 0 Å². The minimum absolute atomic E-state index is 0.496. The van der Waals surface area contributed by atoms with E-state index in [1.807, 2.05) is 0 Å². The molecule has 0 aromatic carbocycles. The number of hydrogen-bond acceptors (Lipinski definition) is 5. The first-order chi connectivity index (χ1) is 8.77. The molecule has 6 nitrogen and oxygen atoms in total. The Hall–Kier alpha value is -0.690. The van der Waals surface area contributed by atoms with Gasteiger partial charge < -0.3 is 24.8 Å². The predicted molar refractivity (Wildman–Crippen MR) is 69.7 cm³/mol. The fourth-order valence-corrected chi connectivity index (χ4v) is 1.15. The fourth-order valence-electron chi connectivity index (χ4n) is 1.15. The van der Waals surface area contributed by atoms with Crippen LogP contribution < -0.4 is 10.6 Å². The molecule has 0 atom stereocenters. The van der Waals surface area contributed by atoms with E-state index in [4.69, 9.17) is 14.2 Å². The molecule has 0 aromatic heterocycles. The SMILES string of the molecule is CC(C)NCCOCCOCCOCCNC=O. The topological polar surface area (TPSA) is 68.8 Å². The quantitative estimate of drug-likeness (QED) is 0.335. The third-order valence-electron chi connectivity index (χ3n) is 2.02. The lowest BCUT2D eigenvalue weighted by Gasteiger charge is -2.09. The molecule has 2 N–H and O–H groups in total. The van der Waals surface area contributed by atoms with Gasteiger partial charge in [0, 0.05) is 19.1 Å². The van der Waals surface area contributed by atoms with Crippen LogP contribution in [0.15, 0.2) is 0 Å². The molecular weight excluding hydrogens is 236 g/mol. The summed E-state index contributed by atoms with van der Waals surface area (Å²) in [6.45, 7) is 9.10. The van der Waals surface area contributed by atoms with Crippen LogP contribution in [0.3, 0.4) is 0 Å². The van der Waals surface area contributed by atoms with Gasteiger partial charge in [-0.3, -0.25) is 4.79 Å². The molecule has 6 heteroatoms. The minimum atomic E-state index is 0.496. The van der Waals surface area contributed by atoms with E-state index in [-0.39, 0.29) is 0 Å². The summed E-state index contributed by atoms with van der Waals surface area (Å²) in [5.74, 6) is 0. The van der Waals surface area contributed by atoms with E-state index >= 15 is 0 Å². The van der Waals surface area contributed by atoms with Gasteiger partial charge in [0.05, 0.1) is 39.6 Å². The Morgan fingerprint density at radius 3 is 1.89 bits per heavy atom. The van der Waals surface area contributed by atoms with Gasteiger partial charge in [0.25, 0.3) is 0 Å². The maximum Gasteiger partial charge on any atom is 0.207 e. The number of nitrogens with one attached hydrogen (secondary N) is 2. The molecule has 0 saturated carbocycles. The monoisotopic (exact) mass is 262 g/mol. The highest BCUT2D eigenvalue weighted by Gasteiger charge is 1.93. The molecule has 0 aliphatic carbocycles. The van der Waals surface area contributed by atoms with Crippen LogP contribution in [-0.4, -0.2) is 65.2 Å². The zero-order valence-electron chi connectivity index (χ0n) is 11.4. The molecule has 0 bridgehead atoms. The maximum absolute atomic E-state index is 9.91. The highest BCUT2D eigenvalue weighted by Crippen LogP contribution is 1.81. The fraction of sp³-hybridized carbons (Fsp3) is 0.917. The number of carbonyl (C=O) groups excluding carboxylic acids is 1. The van der Waals surface area contributed by atoms with Crippen molar-refractivity contribution in [1.82, 2.24) is 10.6 Å². The van der Waals surface area contributed by atoms with E-state index in [9.17, 15) is 4.79 Å². The zero-order valence-corrected chi connectivity index (χ0v) is 11.4. The minimum Gasteiger partial charge on any atom is -0.378 e. The van der Waals surface area contributed by atoms with Crippen molar-refractivity contribution in [1.29, 1.82) is 0 Å². The molecule has 0 saturated heterocycles. The summed E-state index contributed by atoms with van der Waals surface area (Å²) >= 11 is 0. The standard InChI is InChI=1S/C12H26N2O4/c1-12(2)14-4-6-17-8-10-18-9-7-16-5-3-13-11-15/h11-12,14H,3-10H2,1-2H3,(H,13,15). The van der Waals surface area contributed by atoms with E-state index in [1.54, 1.807) is 0 Å². The lowest BCUT2D eigenvalue weighted by atomic mass is 10.4. The summed E-state index contributed by atoms with van der Waals surface area (Å²) in [6.07, 6.45) is 0.658. The Morgan fingerprint density at radius 2 is 1.39 bits per heavy atom. The summed E-state index contributed by atoms with van der Waals surface area (Å²) in [7, 11) is 0. The molecule has 0 fully saturated rings. The van der Waals surface area contributed by atoms with Gasteiger partial charge in [-0.25, -0.2) is 0 Å². The van der Waals surface area contributed by atoms with E-state index in [0.717, 1.165) is 6.54 Å². The van der Waals surface area contributed by atoms with Gasteiger partial charge in [-0.2, -0.15) is 0 Å². The normalized spacial score (nSPS) is 10.8. The average molecular weight is 262 g/mol. The Morgan fingerprint density at radius 1 is 0.889 bits per heavy atom. The molecule has 0 rings (SSSR count). The molecule has 18 heavy (non-hydrogen) atoms. The number of hydrogen-bond donors (Lipinski definition) is 2. The Bertz CT molecular complexity index is 179. The van der Waals surface area contributed by atoms with Crippen LogP contribution in [0.2, 0.25) is 0 Å². The van der Waals surface area contributed by atoms with Crippen LogP contribution >= 0.6 is 0 Å². The molecule has 0 radical (unpaired) electrons. The first-order valence-electron chi connectivity index (χ1n) is 6.41. The van der Waals surface area contributed by atoms with E-state index < -0.39 is 0 Å². The lowest BCUT2D eigenvalue weighted by molar-refractivity contribution is -0.109. The van der Waals surface area contributed by atoms with Crippen LogP contribution in [0, 0.1) is 0 Å². The van der Waals surface area contributed by atoms with Gasteiger partial charge in [0.2, 0.25) is 6.41 Å². The Balaban J connectivity index is 2.92. The third kappa shape index (κ3) is 15.3. The van der Waals surface area contributed by atoms with Crippen molar-refractivity contribution in [2.75, 3.05) is 52.7 Å². The molecule has 1 amide bonds. The van der Waals surface area contributed by atoms with E-state index in [2.05, 4.69) is 24.5 Å². The van der Waals surface area contributed by atoms with Gasteiger partial charge in [-0.15, -0.1) is 0 Å². The van der Waals surface area contributed by atoms with E-state index in [1.165, 1.54) is 0 Å². The van der Waals surface area contributed by atoms with Crippen LogP contribution in [0.25, 0.3) is 0 Å². The highest BCUT2D eigenvalue weighted by molar-refractivity contribution is 5.45. The summed E-state index contributed by atoms with van der Waals surface area (Å²) < 4.78 is 15.9. The molecule has 0 aliphatic rings. The summed E-state index contributed by atoms with van der Waals surface area (Å²) in [5.41, 5.74) is 0. The highest BCUT2D eigenvalue weighted by atomic mass is 16.5. The average Bonchev–Trinajstić information content (AvgIpc) is 2.34. The van der Waals surface area contributed by atoms with Crippen molar-refractivity contribution in [3.63, 3.8) is 0 Å². The molecular formula is C12H26N2O4. The van der Waals surface area contributed by atoms with Gasteiger partial charge >= 0.3 is 0 Å². The van der Waals surface area contributed by atoms with Crippen molar-refractivity contribution in [2.45, 2.75) is 19.9 Å².